The van der Waals surface area contributed by atoms with E-state index in [1.54, 1.807) is 17.0 Å². The van der Waals surface area contributed by atoms with Crippen LogP contribution in [0.4, 0.5) is 11.4 Å². The van der Waals surface area contributed by atoms with Gasteiger partial charge in [-0.3, -0.25) is 9.10 Å². The van der Waals surface area contributed by atoms with Crippen LogP contribution >= 0.6 is 0 Å². The molecule has 1 fully saturated rings. The number of benzene rings is 1. The summed E-state index contributed by atoms with van der Waals surface area (Å²) in [5.41, 5.74) is 6.84. The summed E-state index contributed by atoms with van der Waals surface area (Å²) < 4.78 is 29.5. The molecule has 21 heavy (non-hydrogen) atoms. The summed E-state index contributed by atoms with van der Waals surface area (Å²) in [6.45, 7) is 2.08. The van der Waals surface area contributed by atoms with Crippen LogP contribution in [0.1, 0.15) is 10.4 Å². The minimum atomic E-state index is -3.44. The van der Waals surface area contributed by atoms with Gasteiger partial charge in [-0.05, 0) is 18.2 Å². The van der Waals surface area contributed by atoms with Gasteiger partial charge in [0.05, 0.1) is 30.8 Å². The number of sulfonamides is 1. The Morgan fingerprint density at radius 2 is 1.95 bits per heavy atom. The molecule has 0 saturated carbocycles. The van der Waals surface area contributed by atoms with Crippen LogP contribution in [0.2, 0.25) is 0 Å². The summed E-state index contributed by atoms with van der Waals surface area (Å²) >= 11 is 0. The van der Waals surface area contributed by atoms with Crippen LogP contribution in [-0.2, 0) is 14.8 Å². The quantitative estimate of drug-likeness (QED) is 0.801. The van der Waals surface area contributed by atoms with E-state index in [1.807, 2.05) is 0 Å². The van der Waals surface area contributed by atoms with Crippen molar-refractivity contribution < 1.29 is 17.9 Å². The normalized spacial score (nSPS) is 15.8. The number of nitrogens with two attached hydrogens (primary N) is 1. The predicted octanol–water partition coefficient (Wildman–Crippen LogP) is 0.137. The Bertz CT molecular complexity index is 639. The molecule has 1 aliphatic rings. The number of nitrogen functional groups attached to an aromatic ring is 1. The third kappa shape index (κ3) is 3.45. The highest BCUT2D eigenvalue weighted by Gasteiger charge is 2.21. The smallest absolute Gasteiger partial charge is 0.254 e. The highest BCUT2D eigenvalue weighted by Crippen LogP contribution is 2.26. The number of nitrogens with zero attached hydrogens (tertiary/aromatic N) is 2. The van der Waals surface area contributed by atoms with Gasteiger partial charge in [0.1, 0.15) is 0 Å². The van der Waals surface area contributed by atoms with Crippen molar-refractivity contribution in [3.05, 3.63) is 23.8 Å². The highest BCUT2D eigenvalue weighted by atomic mass is 32.2. The lowest BCUT2D eigenvalue weighted by molar-refractivity contribution is 0.0303. The molecule has 0 spiro atoms. The minimum Gasteiger partial charge on any atom is -0.397 e. The number of hydrogen-bond acceptors (Lipinski definition) is 5. The predicted molar refractivity (Wildman–Crippen MR) is 80.8 cm³/mol. The van der Waals surface area contributed by atoms with Crippen LogP contribution in [0.25, 0.3) is 0 Å². The second kappa shape index (κ2) is 5.90. The first-order valence-electron chi connectivity index (χ1n) is 6.51. The van der Waals surface area contributed by atoms with Crippen molar-refractivity contribution in [2.45, 2.75) is 0 Å². The van der Waals surface area contributed by atoms with E-state index in [0.717, 1.165) is 10.6 Å². The van der Waals surface area contributed by atoms with Crippen LogP contribution in [-0.4, -0.2) is 58.8 Å². The van der Waals surface area contributed by atoms with Gasteiger partial charge in [0.15, 0.2) is 0 Å². The zero-order valence-electron chi connectivity index (χ0n) is 12.1. The summed E-state index contributed by atoms with van der Waals surface area (Å²) in [5, 5.41) is 0. The number of ether oxygens (including phenoxy) is 1. The van der Waals surface area contributed by atoms with Gasteiger partial charge in [-0.25, -0.2) is 8.42 Å². The maximum atomic E-state index is 12.4. The molecule has 1 amide bonds. The Kier molecular flexibility index (Phi) is 4.38. The van der Waals surface area contributed by atoms with E-state index in [1.165, 1.54) is 13.1 Å². The number of hydrogen-bond donors (Lipinski definition) is 1. The Hall–Kier alpha value is -1.80. The van der Waals surface area contributed by atoms with Gasteiger partial charge in [-0.15, -0.1) is 0 Å². The SMILES string of the molecule is CN(c1cc(C(=O)N2CCOCC2)ccc1N)S(C)(=O)=O. The lowest BCUT2D eigenvalue weighted by atomic mass is 10.1. The van der Waals surface area contributed by atoms with E-state index in [4.69, 9.17) is 10.5 Å². The third-order valence-electron chi connectivity index (χ3n) is 3.41. The van der Waals surface area contributed by atoms with Crippen molar-refractivity contribution in [1.29, 1.82) is 0 Å². The number of amides is 1. The van der Waals surface area contributed by atoms with Crippen molar-refractivity contribution in [2.75, 3.05) is 49.6 Å². The molecule has 1 heterocycles. The lowest BCUT2D eigenvalue weighted by Gasteiger charge is -2.27. The highest BCUT2D eigenvalue weighted by molar-refractivity contribution is 7.92. The van der Waals surface area contributed by atoms with Gasteiger partial charge in [-0.1, -0.05) is 0 Å². The molecule has 0 aromatic heterocycles. The monoisotopic (exact) mass is 313 g/mol. The summed E-state index contributed by atoms with van der Waals surface area (Å²) in [6, 6.07) is 4.66. The summed E-state index contributed by atoms with van der Waals surface area (Å²) in [5.74, 6) is -0.151. The molecule has 0 bridgehead atoms. The molecule has 1 aromatic rings. The Morgan fingerprint density at radius 3 is 2.52 bits per heavy atom. The fraction of sp³-hybridized carbons (Fsp3) is 0.462. The Balaban J connectivity index is 2.32. The number of carbonyl (C=O) groups excluding carboxylic acids is 1. The molecule has 0 unspecified atom stereocenters. The van der Waals surface area contributed by atoms with Crippen molar-refractivity contribution >= 4 is 27.3 Å². The zero-order valence-corrected chi connectivity index (χ0v) is 12.9. The van der Waals surface area contributed by atoms with E-state index in [9.17, 15) is 13.2 Å². The van der Waals surface area contributed by atoms with Crippen molar-refractivity contribution in [2.24, 2.45) is 0 Å². The number of anilines is 2. The maximum absolute atomic E-state index is 12.4. The topological polar surface area (TPSA) is 92.9 Å². The maximum Gasteiger partial charge on any atom is 0.254 e. The van der Waals surface area contributed by atoms with Crippen molar-refractivity contribution in [3.8, 4) is 0 Å². The second-order valence-electron chi connectivity index (χ2n) is 4.91. The van der Waals surface area contributed by atoms with E-state index in [-0.39, 0.29) is 5.91 Å². The van der Waals surface area contributed by atoms with E-state index in [0.29, 0.717) is 43.2 Å². The average Bonchev–Trinajstić information content (AvgIpc) is 2.46. The molecular weight excluding hydrogens is 294 g/mol. The minimum absolute atomic E-state index is 0.151. The zero-order chi connectivity index (χ0) is 15.6. The van der Waals surface area contributed by atoms with Crippen LogP contribution in [0.3, 0.4) is 0 Å². The molecular formula is C13H19N3O4S. The molecule has 0 atom stereocenters. The molecule has 0 aliphatic carbocycles. The largest absolute Gasteiger partial charge is 0.397 e. The third-order valence-corrected chi connectivity index (χ3v) is 4.60. The molecule has 116 valence electrons. The van der Waals surface area contributed by atoms with Gasteiger partial charge in [0.2, 0.25) is 10.0 Å². The fourth-order valence-corrected chi connectivity index (χ4v) is 2.59. The van der Waals surface area contributed by atoms with Crippen LogP contribution in [0.15, 0.2) is 18.2 Å². The van der Waals surface area contributed by atoms with Crippen molar-refractivity contribution in [3.63, 3.8) is 0 Å². The van der Waals surface area contributed by atoms with Gasteiger partial charge < -0.3 is 15.4 Å². The van der Waals surface area contributed by atoms with Crippen LogP contribution in [0.5, 0.6) is 0 Å². The first-order valence-corrected chi connectivity index (χ1v) is 8.36. The van der Waals surface area contributed by atoms with Crippen LogP contribution in [0, 0.1) is 0 Å². The van der Waals surface area contributed by atoms with Crippen LogP contribution < -0.4 is 10.0 Å². The van der Waals surface area contributed by atoms with Gasteiger partial charge >= 0.3 is 0 Å². The molecule has 1 aliphatic heterocycles. The van der Waals surface area contributed by atoms with Gasteiger partial charge in [0, 0.05) is 25.7 Å². The molecule has 1 saturated heterocycles. The van der Waals surface area contributed by atoms with E-state index < -0.39 is 10.0 Å². The van der Waals surface area contributed by atoms with E-state index >= 15 is 0 Å². The van der Waals surface area contributed by atoms with Gasteiger partial charge in [-0.2, -0.15) is 0 Å². The Labute approximate surface area is 124 Å². The second-order valence-corrected chi connectivity index (χ2v) is 6.92. The molecule has 0 radical (unpaired) electrons. The molecule has 7 nitrogen and oxygen atoms in total. The van der Waals surface area contributed by atoms with E-state index in [2.05, 4.69) is 0 Å². The summed E-state index contributed by atoms with van der Waals surface area (Å²) in [4.78, 5) is 14.1. The first kappa shape index (κ1) is 15.6. The Morgan fingerprint density at radius 1 is 1.33 bits per heavy atom. The van der Waals surface area contributed by atoms with Crippen molar-refractivity contribution in [1.82, 2.24) is 4.90 Å². The summed E-state index contributed by atoms with van der Waals surface area (Å²) in [6.07, 6.45) is 1.09. The molecule has 8 heteroatoms. The number of carbonyl (C=O) groups is 1. The number of rotatable bonds is 3. The average molecular weight is 313 g/mol. The van der Waals surface area contributed by atoms with Gasteiger partial charge in [0.25, 0.3) is 5.91 Å². The number of morpholine rings is 1. The molecule has 2 rings (SSSR count). The molecule has 2 N–H and O–H groups in total. The standard InChI is InChI=1S/C13H19N3O4S/c1-15(21(2,18)19)12-9-10(3-4-11(12)14)13(17)16-5-7-20-8-6-16/h3-4,9H,5-8,14H2,1-2H3. The summed E-state index contributed by atoms with van der Waals surface area (Å²) in [7, 11) is -2.03. The lowest BCUT2D eigenvalue weighted by Crippen LogP contribution is -2.40. The fourth-order valence-electron chi connectivity index (χ4n) is 2.08. The first-order chi connectivity index (χ1) is 9.80. The molecule has 1 aromatic carbocycles.